The molecule has 0 bridgehead atoms. The number of aliphatic hydroxyl groups excluding tert-OH is 1. The van der Waals surface area contributed by atoms with Crippen LogP contribution in [0, 0.1) is 0 Å². The first-order valence-corrected chi connectivity index (χ1v) is 12.7. The Balaban J connectivity index is 1.45. The highest BCUT2D eigenvalue weighted by atomic mass is 16.7. The minimum absolute atomic E-state index is 0.00958. The molecule has 0 aliphatic carbocycles. The van der Waals surface area contributed by atoms with Gasteiger partial charge in [-0.1, -0.05) is 36.4 Å². The molecule has 0 aromatic heterocycles. The molecular formula is C27H35N3O7. The van der Waals surface area contributed by atoms with Crippen LogP contribution < -0.4 is 10.8 Å². The molecule has 0 spiro atoms. The Labute approximate surface area is 216 Å². The van der Waals surface area contributed by atoms with Crippen LogP contribution in [-0.2, 0) is 30.4 Å². The molecule has 2 aromatic carbocycles. The maximum absolute atomic E-state index is 12.3. The fraction of sp³-hybridized carbons (Fsp3) is 0.481. The molecule has 10 heteroatoms. The molecule has 2 amide bonds. The molecular weight excluding hydrogens is 478 g/mol. The van der Waals surface area contributed by atoms with Crippen LogP contribution in [0.5, 0.6) is 0 Å². The zero-order valence-electron chi connectivity index (χ0n) is 20.8. The molecule has 2 aliphatic heterocycles. The Bertz CT molecular complexity index is 1030. The molecule has 2 aromatic rings. The number of rotatable bonds is 10. The number of hydrogen-bond donors (Lipinski definition) is 4. The summed E-state index contributed by atoms with van der Waals surface area (Å²) in [6.07, 6.45) is 0.383. The van der Waals surface area contributed by atoms with Crippen molar-refractivity contribution < 1.29 is 34.1 Å². The highest BCUT2D eigenvalue weighted by Gasteiger charge is 2.33. The summed E-state index contributed by atoms with van der Waals surface area (Å²) in [5.74, 6) is -0.742. The van der Waals surface area contributed by atoms with Crippen LogP contribution in [0.2, 0.25) is 0 Å². The van der Waals surface area contributed by atoms with Gasteiger partial charge in [0.05, 0.1) is 32.0 Å². The van der Waals surface area contributed by atoms with E-state index in [1.54, 1.807) is 11.5 Å². The fourth-order valence-corrected chi connectivity index (χ4v) is 4.56. The van der Waals surface area contributed by atoms with E-state index in [9.17, 15) is 14.7 Å². The van der Waals surface area contributed by atoms with E-state index in [1.165, 1.54) is 0 Å². The second-order valence-corrected chi connectivity index (χ2v) is 9.33. The second kappa shape index (κ2) is 13.6. The van der Waals surface area contributed by atoms with Crippen LogP contribution in [-0.4, -0.2) is 66.0 Å². The summed E-state index contributed by atoms with van der Waals surface area (Å²) in [5, 5.41) is 20.8. The van der Waals surface area contributed by atoms with Crippen molar-refractivity contribution in [1.29, 1.82) is 0 Å². The Morgan fingerprint density at radius 3 is 2.46 bits per heavy atom. The molecule has 0 unspecified atom stereocenters. The Kier molecular flexibility index (Phi) is 10.0. The van der Waals surface area contributed by atoms with Gasteiger partial charge < -0.3 is 24.6 Å². The maximum Gasteiger partial charge on any atom is 0.243 e. The molecule has 37 heavy (non-hydrogen) atoms. The van der Waals surface area contributed by atoms with Gasteiger partial charge in [-0.05, 0) is 29.7 Å². The van der Waals surface area contributed by atoms with Crippen molar-refractivity contribution in [2.75, 3.05) is 38.2 Å². The summed E-state index contributed by atoms with van der Waals surface area (Å²) >= 11 is 0. The standard InChI is InChI=1S/C27H35N3O7/c31-18-19-7-9-20(10-8-19)24-16-23(17-30-11-13-35-14-12-30)36-27(37-24)21-3-1-4-22(15-21)28-25(32)5-2-6-26(33)29-34/h1,3-4,7-10,15,23-24,27,31,34H,2,5-6,11-14,16-18H2,(H,28,32)(H,29,33)/t23-,24+,27+/m0/s1. The van der Waals surface area contributed by atoms with Gasteiger partial charge in [-0.2, -0.15) is 0 Å². The van der Waals surface area contributed by atoms with E-state index in [1.807, 2.05) is 42.5 Å². The van der Waals surface area contributed by atoms with E-state index in [0.29, 0.717) is 31.7 Å². The average Bonchev–Trinajstić information content (AvgIpc) is 2.93. The number of hydrogen-bond acceptors (Lipinski definition) is 8. The zero-order chi connectivity index (χ0) is 26.0. The van der Waals surface area contributed by atoms with E-state index in [2.05, 4.69) is 10.2 Å². The van der Waals surface area contributed by atoms with Crippen molar-refractivity contribution in [2.24, 2.45) is 0 Å². The van der Waals surface area contributed by atoms with Gasteiger partial charge >= 0.3 is 0 Å². The lowest BCUT2D eigenvalue weighted by atomic mass is 9.99. The van der Waals surface area contributed by atoms with Gasteiger partial charge in [-0.25, -0.2) is 5.48 Å². The average molecular weight is 514 g/mol. The summed E-state index contributed by atoms with van der Waals surface area (Å²) in [6, 6.07) is 15.2. The molecule has 3 atom stereocenters. The molecule has 10 nitrogen and oxygen atoms in total. The quantitative estimate of drug-likeness (QED) is 0.282. The normalized spacial score (nSPS) is 22.4. The van der Waals surface area contributed by atoms with Crippen molar-refractivity contribution >= 4 is 17.5 Å². The predicted molar refractivity (Wildman–Crippen MR) is 135 cm³/mol. The first kappa shape index (κ1) is 27.2. The van der Waals surface area contributed by atoms with Crippen molar-refractivity contribution in [3.63, 3.8) is 0 Å². The van der Waals surface area contributed by atoms with E-state index in [-0.39, 0.29) is 37.6 Å². The third-order valence-corrected chi connectivity index (χ3v) is 6.56. The van der Waals surface area contributed by atoms with Crippen LogP contribution in [0.25, 0.3) is 0 Å². The Morgan fingerprint density at radius 1 is 0.973 bits per heavy atom. The third-order valence-electron chi connectivity index (χ3n) is 6.56. The van der Waals surface area contributed by atoms with E-state index in [4.69, 9.17) is 19.4 Å². The summed E-state index contributed by atoms with van der Waals surface area (Å²) in [5.41, 5.74) is 4.83. The van der Waals surface area contributed by atoms with Crippen molar-refractivity contribution in [3.05, 3.63) is 65.2 Å². The van der Waals surface area contributed by atoms with E-state index in [0.717, 1.165) is 36.3 Å². The van der Waals surface area contributed by atoms with Crippen LogP contribution in [0.4, 0.5) is 5.69 Å². The minimum atomic E-state index is -0.618. The molecule has 200 valence electrons. The molecule has 2 aliphatic rings. The number of aliphatic hydroxyl groups is 1. The summed E-state index contributed by atoms with van der Waals surface area (Å²) in [7, 11) is 0. The van der Waals surface area contributed by atoms with Gasteiger partial charge in [0, 0.05) is 50.1 Å². The number of anilines is 1. The largest absolute Gasteiger partial charge is 0.392 e. The summed E-state index contributed by atoms with van der Waals surface area (Å²) in [4.78, 5) is 25.8. The van der Waals surface area contributed by atoms with Gasteiger partial charge in [0.15, 0.2) is 6.29 Å². The van der Waals surface area contributed by atoms with Gasteiger partial charge in [-0.3, -0.25) is 19.7 Å². The number of nitrogens with zero attached hydrogens (tertiary/aromatic N) is 1. The number of amides is 2. The second-order valence-electron chi connectivity index (χ2n) is 9.33. The third kappa shape index (κ3) is 8.06. The molecule has 0 radical (unpaired) electrons. The number of ether oxygens (including phenoxy) is 3. The van der Waals surface area contributed by atoms with Gasteiger partial charge in [0.2, 0.25) is 11.8 Å². The summed E-state index contributed by atoms with van der Waals surface area (Å²) in [6.45, 7) is 3.91. The number of benzene rings is 2. The molecule has 2 fully saturated rings. The number of carbonyl (C=O) groups excluding carboxylic acids is 2. The maximum atomic E-state index is 12.3. The van der Waals surface area contributed by atoms with Gasteiger partial charge in [0.1, 0.15) is 0 Å². The molecule has 4 N–H and O–H groups in total. The Morgan fingerprint density at radius 2 is 1.73 bits per heavy atom. The van der Waals surface area contributed by atoms with Crippen molar-refractivity contribution in [1.82, 2.24) is 10.4 Å². The number of hydroxylamine groups is 1. The van der Waals surface area contributed by atoms with Crippen molar-refractivity contribution in [3.8, 4) is 0 Å². The smallest absolute Gasteiger partial charge is 0.243 e. The fourth-order valence-electron chi connectivity index (χ4n) is 4.56. The van der Waals surface area contributed by atoms with Crippen molar-refractivity contribution in [2.45, 2.75) is 50.8 Å². The lowest BCUT2D eigenvalue weighted by Crippen LogP contribution is -2.44. The monoisotopic (exact) mass is 513 g/mol. The lowest BCUT2D eigenvalue weighted by Gasteiger charge is -2.39. The summed E-state index contributed by atoms with van der Waals surface area (Å²) < 4.78 is 18.3. The first-order chi connectivity index (χ1) is 18.0. The molecule has 2 saturated heterocycles. The van der Waals surface area contributed by atoms with Crippen LogP contribution in [0.15, 0.2) is 48.5 Å². The topological polar surface area (TPSA) is 130 Å². The number of nitrogens with one attached hydrogen (secondary N) is 2. The van der Waals surface area contributed by atoms with Gasteiger partial charge in [-0.15, -0.1) is 0 Å². The lowest BCUT2D eigenvalue weighted by molar-refractivity contribution is -0.253. The molecule has 4 rings (SSSR count). The first-order valence-electron chi connectivity index (χ1n) is 12.7. The zero-order valence-corrected chi connectivity index (χ0v) is 20.8. The minimum Gasteiger partial charge on any atom is -0.392 e. The Hall–Kier alpha value is -2.86. The molecule has 0 saturated carbocycles. The SMILES string of the molecule is O=C(CCCC(=O)Nc1cccc([C@@H]2O[C@H](CN3CCOCC3)C[C@H](c3ccc(CO)cc3)O2)c1)NO. The van der Waals surface area contributed by atoms with E-state index < -0.39 is 12.2 Å². The van der Waals surface area contributed by atoms with Gasteiger partial charge in [0.25, 0.3) is 0 Å². The molecule has 2 heterocycles. The van der Waals surface area contributed by atoms with Crippen LogP contribution >= 0.6 is 0 Å². The highest BCUT2D eigenvalue weighted by Crippen LogP contribution is 2.38. The predicted octanol–water partition coefficient (Wildman–Crippen LogP) is 2.67. The highest BCUT2D eigenvalue weighted by molar-refractivity contribution is 5.91. The van der Waals surface area contributed by atoms with E-state index >= 15 is 0 Å². The van der Waals surface area contributed by atoms with Crippen LogP contribution in [0.3, 0.4) is 0 Å². The number of carbonyl (C=O) groups is 2. The van der Waals surface area contributed by atoms with Crippen LogP contribution in [0.1, 0.15) is 54.8 Å². The number of morpholine rings is 1.